The summed E-state index contributed by atoms with van der Waals surface area (Å²) in [6.07, 6.45) is -5.55. The quantitative estimate of drug-likeness (QED) is 0.483. The van der Waals surface area contributed by atoms with Crippen molar-refractivity contribution < 1.29 is 25.5 Å². The molecule has 1 aromatic rings. The summed E-state index contributed by atoms with van der Waals surface area (Å²) in [5, 5.41) is 47.4. The molecule has 5 N–H and O–H groups in total. The van der Waals surface area contributed by atoms with E-state index < -0.39 is 31.0 Å². The monoisotopic (exact) mass is 337 g/mol. The summed E-state index contributed by atoms with van der Waals surface area (Å²) >= 11 is 11.8. The molecule has 1 aromatic carbocycles. The minimum atomic E-state index is -1.71. The third-order valence-corrected chi connectivity index (χ3v) is 3.59. The molecule has 0 aliphatic carbocycles. The molecule has 0 heterocycles. The van der Waals surface area contributed by atoms with Gasteiger partial charge in [-0.2, -0.15) is 0 Å². The predicted molar refractivity (Wildman–Crippen MR) is 80.5 cm³/mol. The second-order valence-corrected chi connectivity index (χ2v) is 5.37. The molecule has 0 spiro atoms. The van der Waals surface area contributed by atoms with E-state index >= 15 is 0 Å². The standard InChI is InChI=1S/C13H17Cl2NO5/c1-6-2-9(8(15)3-7(6)14)16-4-10(18)12(20)13(21)11(19)5-17/h2-4,10-13,17-21H,5H2,1H3/t10-,11-,12-,13+/m0/s1. The van der Waals surface area contributed by atoms with Gasteiger partial charge in [0.15, 0.2) is 0 Å². The fourth-order valence-electron chi connectivity index (χ4n) is 1.52. The zero-order valence-corrected chi connectivity index (χ0v) is 12.7. The van der Waals surface area contributed by atoms with E-state index in [1.54, 1.807) is 13.0 Å². The molecule has 0 fully saturated rings. The van der Waals surface area contributed by atoms with Crippen molar-refractivity contribution in [2.45, 2.75) is 31.3 Å². The Kier molecular flexibility index (Phi) is 7.02. The van der Waals surface area contributed by atoms with E-state index in [1.165, 1.54) is 6.07 Å². The number of aliphatic hydroxyl groups excluding tert-OH is 5. The van der Waals surface area contributed by atoms with Gasteiger partial charge in [-0.05, 0) is 24.6 Å². The average Bonchev–Trinajstić information content (AvgIpc) is 2.46. The third kappa shape index (κ3) is 4.89. The zero-order valence-electron chi connectivity index (χ0n) is 11.2. The van der Waals surface area contributed by atoms with Gasteiger partial charge in [-0.3, -0.25) is 4.99 Å². The van der Waals surface area contributed by atoms with Crippen molar-refractivity contribution in [1.82, 2.24) is 0 Å². The van der Waals surface area contributed by atoms with Gasteiger partial charge >= 0.3 is 0 Å². The van der Waals surface area contributed by atoms with Gasteiger partial charge in [0.1, 0.15) is 24.4 Å². The first kappa shape index (κ1) is 18.3. The number of hydrogen-bond donors (Lipinski definition) is 5. The molecule has 1 rings (SSSR count). The molecule has 6 nitrogen and oxygen atoms in total. The summed E-state index contributed by atoms with van der Waals surface area (Å²) in [5.41, 5.74) is 1.07. The third-order valence-electron chi connectivity index (χ3n) is 2.88. The van der Waals surface area contributed by atoms with Crippen molar-refractivity contribution >= 4 is 35.1 Å². The SMILES string of the molecule is Cc1cc(N=C[C@H](O)[C@H](O)[C@H](O)[C@@H](O)CO)c(Cl)cc1Cl. The van der Waals surface area contributed by atoms with Crippen molar-refractivity contribution in [2.75, 3.05) is 6.61 Å². The molecule has 8 heteroatoms. The van der Waals surface area contributed by atoms with Gasteiger partial charge in [-0.15, -0.1) is 0 Å². The fourth-order valence-corrected chi connectivity index (χ4v) is 1.96. The van der Waals surface area contributed by atoms with Crippen molar-refractivity contribution in [3.05, 3.63) is 27.7 Å². The second-order valence-electron chi connectivity index (χ2n) is 4.55. The lowest BCUT2D eigenvalue weighted by Gasteiger charge is -2.23. The van der Waals surface area contributed by atoms with Crippen LogP contribution in [0.3, 0.4) is 0 Å². The Balaban J connectivity index is 2.83. The molecule has 0 bridgehead atoms. The Hall–Kier alpha value is -0.730. The molecule has 0 aromatic heterocycles. The van der Waals surface area contributed by atoms with Gasteiger partial charge in [0.25, 0.3) is 0 Å². The normalized spacial score (nSPS) is 17.7. The maximum atomic E-state index is 9.69. The summed E-state index contributed by atoms with van der Waals surface area (Å²) in [7, 11) is 0. The van der Waals surface area contributed by atoms with Crippen LogP contribution in [0.1, 0.15) is 5.56 Å². The summed E-state index contributed by atoms with van der Waals surface area (Å²) in [6, 6.07) is 3.09. The highest BCUT2D eigenvalue weighted by atomic mass is 35.5. The maximum absolute atomic E-state index is 9.69. The van der Waals surface area contributed by atoms with Crippen molar-refractivity contribution in [1.29, 1.82) is 0 Å². The van der Waals surface area contributed by atoms with E-state index in [1.807, 2.05) is 0 Å². The molecular weight excluding hydrogens is 321 g/mol. The van der Waals surface area contributed by atoms with Crippen molar-refractivity contribution in [3.8, 4) is 0 Å². The predicted octanol–water partition coefficient (Wildman–Crippen LogP) is 0.440. The minimum Gasteiger partial charge on any atom is -0.394 e. The van der Waals surface area contributed by atoms with Crippen LogP contribution in [0.15, 0.2) is 17.1 Å². The van der Waals surface area contributed by atoms with Crippen LogP contribution in [0.4, 0.5) is 5.69 Å². The highest BCUT2D eigenvalue weighted by molar-refractivity contribution is 6.36. The zero-order chi connectivity index (χ0) is 16.2. The van der Waals surface area contributed by atoms with Crippen molar-refractivity contribution in [2.24, 2.45) is 4.99 Å². The van der Waals surface area contributed by atoms with Crippen LogP contribution in [0.25, 0.3) is 0 Å². The van der Waals surface area contributed by atoms with Crippen molar-refractivity contribution in [3.63, 3.8) is 0 Å². The molecule has 0 radical (unpaired) electrons. The number of benzene rings is 1. The van der Waals surface area contributed by atoms with Crippen LogP contribution in [0.5, 0.6) is 0 Å². The number of halogens is 2. The summed E-state index contributed by atoms with van der Waals surface area (Å²) in [5.74, 6) is 0. The first-order valence-corrected chi connectivity index (χ1v) is 6.86. The Morgan fingerprint density at radius 2 is 1.71 bits per heavy atom. The lowest BCUT2D eigenvalue weighted by molar-refractivity contribution is -0.0999. The molecule has 4 atom stereocenters. The van der Waals surface area contributed by atoms with Crippen LogP contribution in [-0.4, -0.2) is 62.8 Å². The van der Waals surface area contributed by atoms with E-state index in [-0.39, 0.29) is 5.02 Å². The van der Waals surface area contributed by atoms with Crippen LogP contribution in [0, 0.1) is 6.92 Å². The Bertz CT molecular complexity index is 512. The molecule has 0 amide bonds. The van der Waals surface area contributed by atoms with Gasteiger partial charge in [-0.1, -0.05) is 23.2 Å². The Labute approximate surface area is 131 Å². The number of aryl methyl sites for hydroxylation is 1. The lowest BCUT2D eigenvalue weighted by Crippen LogP contribution is -2.46. The smallest absolute Gasteiger partial charge is 0.118 e. The largest absolute Gasteiger partial charge is 0.394 e. The lowest BCUT2D eigenvalue weighted by atomic mass is 10.0. The number of rotatable bonds is 6. The minimum absolute atomic E-state index is 0.263. The summed E-state index contributed by atoms with van der Waals surface area (Å²) in [6.45, 7) is 1.01. The molecule has 0 saturated carbocycles. The molecule has 0 aliphatic rings. The summed E-state index contributed by atoms with van der Waals surface area (Å²) < 4.78 is 0. The van der Waals surface area contributed by atoms with Crippen LogP contribution in [0.2, 0.25) is 10.0 Å². The Morgan fingerprint density at radius 1 is 1.10 bits per heavy atom. The van der Waals surface area contributed by atoms with Gasteiger partial charge in [0.05, 0.1) is 17.3 Å². The molecule has 0 unspecified atom stereocenters. The van der Waals surface area contributed by atoms with E-state index in [0.29, 0.717) is 10.7 Å². The highest BCUT2D eigenvalue weighted by Crippen LogP contribution is 2.30. The molecule has 21 heavy (non-hydrogen) atoms. The molecular formula is C13H17Cl2NO5. The highest BCUT2D eigenvalue weighted by Gasteiger charge is 2.29. The average molecular weight is 338 g/mol. The number of hydrogen-bond acceptors (Lipinski definition) is 6. The van der Waals surface area contributed by atoms with Gasteiger partial charge < -0.3 is 25.5 Å². The van der Waals surface area contributed by atoms with Gasteiger partial charge in [-0.25, -0.2) is 0 Å². The topological polar surface area (TPSA) is 114 Å². The van der Waals surface area contributed by atoms with E-state index in [0.717, 1.165) is 11.8 Å². The second kappa shape index (κ2) is 8.05. The van der Waals surface area contributed by atoms with E-state index in [9.17, 15) is 20.4 Å². The van der Waals surface area contributed by atoms with E-state index in [2.05, 4.69) is 4.99 Å². The number of aliphatic imine (C=N–C) groups is 1. The molecule has 0 aliphatic heterocycles. The molecule has 118 valence electrons. The maximum Gasteiger partial charge on any atom is 0.118 e. The van der Waals surface area contributed by atoms with Crippen LogP contribution < -0.4 is 0 Å². The Morgan fingerprint density at radius 3 is 2.29 bits per heavy atom. The van der Waals surface area contributed by atoms with E-state index in [4.69, 9.17) is 28.3 Å². The first-order valence-electron chi connectivity index (χ1n) is 6.11. The summed E-state index contributed by atoms with van der Waals surface area (Å²) in [4.78, 5) is 3.92. The first-order chi connectivity index (χ1) is 9.77. The number of aliphatic hydroxyl groups is 5. The van der Waals surface area contributed by atoms with Gasteiger partial charge in [0, 0.05) is 11.2 Å². The number of nitrogens with zero attached hydrogens (tertiary/aromatic N) is 1. The van der Waals surface area contributed by atoms with Crippen LogP contribution in [-0.2, 0) is 0 Å². The molecule has 0 saturated heterocycles. The van der Waals surface area contributed by atoms with Gasteiger partial charge in [0.2, 0.25) is 0 Å². The van der Waals surface area contributed by atoms with Crippen LogP contribution >= 0.6 is 23.2 Å². The fraction of sp³-hybridized carbons (Fsp3) is 0.462.